The van der Waals surface area contributed by atoms with Gasteiger partial charge in [-0.2, -0.15) is 0 Å². The van der Waals surface area contributed by atoms with Crippen molar-refractivity contribution in [1.29, 1.82) is 0 Å². The first-order valence-corrected chi connectivity index (χ1v) is 4.38. The van der Waals surface area contributed by atoms with Crippen LogP contribution >= 0.6 is 11.6 Å². The maximum atomic E-state index is 5.68. The second-order valence-electron chi connectivity index (χ2n) is 2.68. The molecule has 2 N–H and O–H groups in total. The Morgan fingerprint density at radius 1 is 1.43 bits per heavy atom. The standard InChI is InChI=1S/C8H12ClN3O2/c1-13-7(14-2)4-5-3-6(9)11-12-8(5)10/h3,7H,4H2,1-2H3,(H2,10,12). The van der Waals surface area contributed by atoms with Crippen molar-refractivity contribution in [3.63, 3.8) is 0 Å². The average molecular weight is 218 g/mol. The third-order valence-corrected chi connectivity index (χ3v) is 1.97. The fourth-order valence-corrected chi connectivity index (χ4v) is 1.19. The Morgan fingerprint density at radius 2 is 2.07 bits per heavy atom. The molecule has 0 aromatic carbocycles. The first-order valence-electron chi connectivity index (χ1n) is 4.00. The minimum Gasteiger partial charge on any atom is -0.382 e. The van der Waals surface area contributed by atoms with Crippen molar-refractivity contribution in [3.8, 4) is 0 Å². The average Bonchev–Trinajstić information content (AvgIpc) is 2.19. The Kier molecular flexibility index (Phi) is 4.06. The highest BCUT2D eigenvalue weighted by Gasteiger charge is 2.10. The molecule has 0 fully saturated rings. The summed E-state index contributed by atoms with van der Waals surface area (Å²) in [6, 6.07) is 1.65. The van der Waals surface area contributed by atoms with E-state index < -0.39 is 0 Å². The van der Waals surface area contributed by atoms with Crippen molar-refractivity contribution in [2.75, 3.05) is 20.0 Å². The van der Waals surface area contributed by atoms with Gasteiger partial charge in [-0.3, -0.25) is 0 Å². The highest BCUT2D eigenvalue weighted by molar-refractivity contribution is 6.29. The number of hydrogen-bond donors (Lipinski definition) is 1. The molecule has 5 nitrogen and oxygen atoms in total. The van der Waals surface area contributed by atoms with Crippen LogP contribution in [0.1, 0.15) is 5.56 Å². The minimum absolute atomic E-state index is 0.306. The van der Waals surface area contributed by atoms with Crippen LogP contribution in [0.5, 0.6) is 0 Å². The highest BCUT2D eigenvalue weighted by Crippen LogP contribution is 2.15. The molecule has 0 amide bonds. The number of nitrogens with two attached hydrogens (primary N) is 1. The van der Waals surface area contributed by atoms with Crippen LogP contribution in [0.3, 0.4) is 0 Å². The number of ether oxygens (including phenoxy) is 2. The van der Waals surface area contributed by atoms with Crippen molar-refractivity contribution in [2.24, 2.45) is 0 Å². The van der Waals surface area contributed by atoms with Gasteiger partial charge in [0.25, 0.3) is 0 Å². The molecule has 1 aromatic heterocycles. The molecule has 0 radical (unpaired) electrons. The molecule has 6 heteroatoms. The lowest BCUT2D eigenvalue weighted by molar-refractivity contribution is -0.100. The summed E-state index contributed by atoms with van der Waals surface area (Å²) in [5.74, 6) is 0.341. The van der Waals surface area contributed by atoms with E-state index in [0.717, 1.165) is 5.56 Å². The van der Waals surface area contributed by atoms with Crippen LogP contribution in [-0.2, 0) is 15.9 Å². The number of rotatable bonds is 4. The molecule has 0 aliphatic rings. The van der Waals surface area contributed by atoms with Gasteiger partial charge in [-0.25, -0.2) is 0 Å². The SMILES string of the molecule is COC(Cc1cc(Cl)nnc1N)OC. The number of nitrogen functional groups attached to an aromatic ring is 1. The molecule has 0 atom stereocenters. The zero-order chi connectivity index (χ0) is 10.6. The van der Waals surface area contributed by atoms with Gasteiger partial charge >= 0.3 is 0 Å². The lowest BCUT2D eigenvalue weighted by Gasteiger charge is -2.13. The number of methoxy groups -OCH3 is 2. The molecule has 0 saturated heterocycles. The van der Waals surface area contributed by atoms with E-state index in [2.05, 4.69) is 10.2 Å². The number of aromatic nitrogens is 2. The molecule has 0 aliphatic heterocycles. The Morgan fingerprint density at radius 3 is 2.64 bits per heavy atom. The molecule has 78 valence electrons. The fraction of sp³-hybridized carbons (Fsp3) is 0.500. The van der Waals surface area contributed by atoms with E-state index in [-0.39, 0.29) is 6.29 Å². The van der Waals surface area contributed by atoms with Crippen LogP contribution < -0.4 is 5.73 Å². The Balaban J connectivity index is 2.79. The van der Waals surface area contributed by atoms with Gasteiger partial charge in [0.05, 0.1) is 0 Å². The highest BCUT2D eigenvalue weighted by atomic mass is 35.5. The van der Waals surface area contributed by atoms with Crippen LogP contribution in [-0.4, -0.2) is 30.7 Å². The van der Waals surface area contributed by atoms with Crippen molar-refractivity contribution < 1.29 is 9.47 Å². The summed E-state index contributed by atoms with van der Waals surface area (Å²) in [4.78, 5) is 0. The second kappa shape index (κ2) is 5.09. The van der Waals surface area contributed by atoms with Crippen LogP contribution in [0.15, 0.2) is 6.07 Å². The smallest absolute Gasteiger partial charge is 0.160 e. The van der Waals surface area contributed by atoms with E-state index in [1.807, 2.05) is 0 Å². The normalized spacial score (nSPS) is 10.9. The number of halogens is 1. The van der Waals surface area contributed by atoms with Crippen molar-refractivity contribution in [3.05, 3.63) is 16.8 Å². The quantitative estimate of drug-likeness (QED) is 0.758. The molecule has 1 rings (SSSR count). The van der Waals surface area contributed by atoms with Crippen LogP contribution in [0.4, 0.5) is 5.82 Å². The van der Waals surface area contributed by atoms with E-state index in [4.69, 9.17) is 26.8 Å². The lowest BCUT2D eigenvalue weighted by Crippen LogP contribution is -2.17. The van der Waals surface area contributed by atoms with Crippen LogP contribution in [0, 0.1) is 0 Å². The molecule has 1 aromatic rings. The van der Waals surface area contributed by atoms with Crippen molar-refractivity contribution in [1.82, 2.24) is 10.2 Å². The topological polar surface area (TPSA) is 70.3 Å². The lowest BCUT2D eigenvalue weighted by atomic mass is 10.2. The largest absolute Gasteiger partial charge is 0.382 e. The third-order valence-electron chi connectivity index (χ3n) is 1.79. The van der Waals surface area contributed by atoms with Gasteiger partial charge in [0.1, 0.15) is 5.82 Å². The molecule has 14 heavy (non-hydrogen) atoms. The van der Waals surface area contributed by atoms with E-state index in [0.29, 0.717) is 17.4 Å². The molecule has 1 heterocycles. The van der Waals surface area contributed by atoms with Crippen LogP contribution in [0.2, 0.25) is 5.15 Å². The predicted molar refractivity (Wildman–Crippen MR) is 53.0 cm³/mol. The summed E-state index contributed by atoms with van der Waals surface area (Å²) in [7, 11) is 3.11. The van der Waals surface area contributed by atoms with Gasteiger partial charge in [-0.15, -0.1) is 10.2 Å². The van der Waals surface area contributed by atoms with Crippen LogP contribution in [0.25, 0.3) is 0 Å². The Labute approximate surface area is 87.2 Å². The van der Waals surface area contributed by atoms with E-state index >= 15 is 0 Å². The maximum absolute atomic E-state index is 5.68. The molecule has 0 spiro atoms. The van der Waals surface area contributed by atoms with Crippen molar-refractivity contribution >= 4 is 17.4 Å². The maximum Gasteiger partial charge on any atom is 0.160 e. The molecular weight excluding hydrogens is 206 g/mol. The van der Waals surface area contributed by atoms with E-state index in [1.165, 1.54) is 0 Å². The van der Waals surface area contributed by atoms with E-state index in [9.17, 15) is 0 Å². The number of hydrogen-bond acceptors (Lipinski definition) is 5. The monoisotopic (exact) mass is 217 g/mol. The van der Waals surface area contributed by atoms with Gasteiger partial charge in [0, 0.05) is 26.2 Å². The second-order valence-corrected chi connectivity index (χ2v) is 3.07. The minimum atomic E-state index is -0.349. The van der Waals surface area contributed by atoms with Gasteiger partial charge in [-0.05, 0) is 6.07 Å². The molecule has 0 bridgehead atoms. The first kappa shape index (κ1) is 11.2. The predicted octanol–water partition coefficient (Wildman–Crippen LogP) is 0.874. The summed E-state index contributed by atoms with van der Waals surface area (Å²) >= 11 is 5.68. The molecular formula is C8H12ClN3O2. The molecule has 0 saturated carbocycles. The molecule has 0 aliphatic carbocycles. The molecule has 0 unspecified atom stereocenters. The van der Waals surface area contributed by atoms with E-state index in [1.54, 1.807) is 20.3 Å². The fourth-order valence-electron chi connectivity index (χ4n) is 1.02. The Hall–Kier alpha value is -0.910. The summed E-state index contributed by atoms with van der Waals surface area (Å²) in [5.41, 5.74) is 6.37. The number of anilines is 1. The van der Waals surface area contributed by atoms with Gasteiger partial charge in [-0.1, -0.05) is 11.6 Å². The zero-order valence-electron chi connectivity index (χ0n) is 8.03. The van der Waals surface area contributed by atoms with Gasteiger partial charge in [0.15, 0.2) is 11.4 Å². The summed E-state index contributed by atoms with van der Waals surface area (Å²) < 4.78 is 10.1. The van der Waals surface area contributed by atoms with Gasteiger partial charge in [0.2, 0.25) is 0 Å². The Bertz CT molecular complexity index is 305. The summed E-state index contributed by atoms with van der Waals surface area (Å²) in [6.07, 6.45) is 0.145. The first-order chi connectivity index (χ1) is 6.67. The van der Waals surface area contributed by atoms with Gasteiger partial charge < -0.3 is 15.2 Å². The van der Waals surface area contributed by atoms with Crippen molar-refractivity contribution in [2.45, 2.75) is 12.7 Å². The third kappa shape index (κ3) is 2.80. The summed E-state index contributed by atoms with van der Waals surface area (Å²) in [6.45, 7) is 0. The number of nitrogens with zero attached hydrogens (tertiary/aromatic N) is 2. The summed E-state index contributed by atoms with van der Waals surface area (Å²) in [5, 5.41) is 7.60. The zero-order valence-corrected chi connectivity index (χ0v) is 8.78.